The third-order valence-electron chi connectivity index (χ3n) is 4.04. The summed E-state index contributed by atoms with van der Waals surface area (Å²) in [4.78, 5) is 28.9. The van der Waals surface area contributed by atoms with Crippen molar-refractivity contribution < 1.29 is 18.7 Å². The molecule has 2 heterocycles. The maximum Gasteiger partial charge on any atom is 0.290 e. The zero-order valence-electron chi connectivity index (χ0n) is 14.3. The summed E-state index contributed by atoms with van der Waals surface area (Å²) in [5.41, 5.74) is 2.57. The number of carbonyl (C=O) groups excluding carboxylic acids is 2. The molecule has 1 amide bonds. The van der Waals surface area contributed by atoms with E-state index in [1.165, 1.54) is 4.90 Å². The molecule has 1 fully saturated rings. The Hall–Kier alpha value is -3.06. The average Bonchev–Trinajstić information content (AvgIpc) is 3.28. The SMILES string of the molecule is O=C1CN(Cc2ccc(OCc3coc(-c4ccccc4)n3)cc2)C(=O)S1. The molecule has 0 aliphatic carbocycles. The lowest BCUT2D eigenvalue weighted by atomic mass is 10.2. The Morgan fingerprint density at radius 2 is 1.85 bits per heavy atom. The van der Waals surface area contributed by atoms with Gasteiger partial charge in [0.2, 0.25) is 11.0 Å². The molecule has 1 aliphatic rings. The van der Waals surface area contributed by atoms with Gasteiger partial charge in [-0.1, -0.05) is 30.3 Å². The largest absolute Gasteiger partial charge is 0.487 e. The average molecular weight is 380 g/mol. The molecule has 4 rings (SSSR count). The first kappa shape index (κ1) is 17.4. The molecule has 0 N–H and O–H groups in total. The van der Waals surface area contributed by atoms with E-state index < -0.39 is 0 Å². The molecule has 136 valence electrons. The van der Waals surface area contributed by atoms with E-state index in [0.717, 1.165) is 22.9 Å². The molecule has 3 aromatic rings. The van der Waals surface area contributed by atoms with E-state index in [0.29, 0.717) is 30.5 Å². The minimum atomic E-state index is -0.194. The molecule has 6 nitrogen and oxygen atoms in total. The second-order valence-corrected chi connectivity index (χ2v) is 7.05. The number of aromatic nitrogens is 1. The van der Waals surface area contributed by atoms with Crippen molar-refractivity contribution in [1.82, 2.24) is 9.88 Å². The number of benzene rings is 2. The van der Waals surface area contributed by atoms with Crippen LogP contribution in [-0.4, -0.2) is 26.8 Å². The van der Waals surface area contributed by atoms with Crippen LogP contribution in [0.1, 0.15) is 11.3 Å². The summed E-state index contributed by atoms with van der Waals surface area (Å²) in [5.74, 6) is 1.26. The molecule has 1 aliphatic heterocycles. The highest BCUT2D eigenvalue weighted by molar-refractivity contribution is 8.26. The first-order valence-electron chi connectivity index (χ1n) is 8.38. The molecule has 7 heteroatoms. The van der Waals surface area contributed by atoms with Crippen molar-refractivity contribution in [2.24, 2.45) is 0 Å². The Bertz CT molecular complexity index is 954. The van der Waals surface area contributed by atoms with Crippen molar-refractivity contribution in [3.63, 3.8) is 0 Å². The van der Waals surface area contributed by atoms with Crippen LogP contribution < -0.4 is 4.74 Å². The standard InChI is InChI=1S/C20H16N2O4S/c23-18-11-22(20(24)27-18)10-14-6-8-17(9-7-14)25-12-16-13-26-19(21-16)15-4-2-1-3-5-15/h1-9,13H,10-12H2. The Balaban J connectivity index is 1.33. The summed E-state index contributed by atoms with van der Waals surface area (Å²) >= 11 is 0.765. The van der Waals surface area contributed by atoms with Gasteiger partial charge in [0.25, 0.3) is 5.24 Å². The van der Waals surface area contributed by atoms with Crippen molar-refractivity contribution in [1.29, 1.82) is 0 Å². The fourth-order valence-electron chi connectivity index (χ4n) is 2.69. The summed E-state index contributed by atoms with van der Waals surface area (Å²) in [5, 5.41) is -0.303. The number of thioether (sulfide) groups is 1. The van der Waals surface area contributed by atoms with Crippen LogP contribution in [0, 0.1) is 0 Å². The molecular weight excluding hydrogens is 364 g/mol. The van der Waals surface area contributed by atoms with Crippen LogP contribution in [0.15, 0.2) is 65.3 Å². The molecule has 1 aromatic heterocycles. The predicted molar refractivity (Wildman–Crippen MR) is 101 cm³/mol. The fraction of sp³-hybridized carbons (Fsp3) is 0.150. The zero-order chi connectivity index (χ0) is 18.6. The first-order valence-corrected chi connectivity index (χ1v) is 9.20. The molecule has 1 saturated heterocycles. The second kappa shape index (κ2) is 7.67. The monoisotopic (exact) mass is 380 g/mol. The summed E-state index contributed by atoms with van der Waals surface area (Å²) in [6.07, 6.45) is 1.59. The third kappa shape index (κ3) is 4.20. The van der Waals surface area contributed by atoms with E-state index in [1.807, 2.05) is 54.6 Å². The lowest BCUT2D eigenvalue weighted by molar-refractivity contribution is -0.110. The van der Waals surface area contributed by atoms with E-state index in [9.17, 15) is 9.59 Å². The van der Waals surface area contributed by atoms with E-state index >= 15 is 0 Å². The van der Waals surface area contributed by atoms with E-state index in [1.54, 1.807) is 6.26 Å². The number of hydrogen-bond acceptors (Lipinski definition) is 6. The topological polar surface area (TPSA) is 72.6 Å². The van der Waals surface area contributed by atoms with Gasteiger partial charge in [-0.15, -0.1) is 0 Å². The van der Waals surface area contributed by atoms with Crippen LogP contribution in [0.2, 0.25) is 0 Å². The van der Waals surface area contributed by atoms with Crippen molar-refractivity contribution in [2.75, 3.05) is 6.54 Å². The molecule has 2 aromatic carbocycles. The minimum Gasteiger partial charge on any atom is -0.487 e. The van der Waals surface area contributed by atoms with Crippen molar-refractivity contribution >= 4 is 22.1 Å². The highest BCUT2D eigenvalue weighted by atomic mass is 32.2. The van der Waals surface area contributed by atoms with Gasteiger partial charge in [-0.05, 0) is 29.8 Å². The van der Waals surface area contributed by atoms with E-state index in [4.69, 9.17) is 9.15 Å². The van der Waals surface area contributed by atoms with Gasteiger partial charge >= 0.3 is 0 Å². The molecule has 0 spiro atoms. The van der Waals surface area contributed by atoms with Gasteiger partial charge in [0, 0.05) is 23.9 Å². The highest BCUT2D eigenvalue weighted by Gasteiger charge is 2.28. The Kier molecular flexibility index (Phi) is 4.93. The van der Waals surface area contributed by atoms with Crippen LogP contribution in [0.3, 0.4) is 0 Å². The van der Waals surface area contributed by atoms with Crippen LogP contribution in [0.25, 0.3) is 11.5 Å². The number of ether oxygens (including phenoxy) is 1. The highest BCUT2D eigenvalue weighted by Crippen LogP contribution is 2.23. The number of rotatable bonds is 6. The van der Waals surface area contributed by atoms with Crippen molar-refractivity contribution in [2.45, 2.75) is 13.2 Å². The van der Waals surface area contributed by atoms with Crippen LogP contribution in [-0.2, 0) is 17.9 Å². The van der Waals surface area contributed by atoms with Gasteiger partial charge in [0.1, 0.15) is 24.3 Å². The van der Waals surface area contributed by atoms with Gasteiger partial charge < -0.3 is 14.1 Å². The Morgan fingerprint density at radius 3 is 2.56 bits per heavy atom. The molecule has 0 bridgehead atoms. The quantitative estimate of drug-likeness (QED) is 0.641. The second-order valence-electron chi connectivity index (χ2n) is 6.04. The summed E-state index contributed by atoms with van der Waals surface area (Å²) in [6.45, 7) is 0.880. The molecule has 0 atom stereocenters. The Labute approximate surface area is 160 Å². The molecule has 0 saturated carbocycles. The van der Waals surface area contributed by atoms with Gasteiger partial charge in [-0.3, -0.25) is 9.59 Å². The predicted octanol–water partition coefficient (Wildman–Crippen LogP) is 4.12. The fourth-order valence-corrected chi connectivity index (χ4v) is 3.36. The van der Waals surface area contributed by atoms with Gasteiger partial charge in [-0.2, -0.15) is 0 Å². The summed E-state index contributed by atoms with van der Waals surface area (Å²) in [7, 11) is 0. The van der Waals surface area contributed by atoms with Gasteiger partial charge in [-0.25, -0.2) is 4.98 Å². The van der Waals surface area contributed by atoms with Gasteiger partial charge in [0.05, 0.1) is 6.54 Å². The van der Waals surface area contributed by atoms with E-state index in [2.05, 4.69) is 4.98 Å². The minimum absolute atomic E-state index is 0.109. The maximum atomic E-state index is 11.6. The number of amides is 1. The smallest absolute Gasteiger partial charge is 0.290 e. The lowest BCUT2D eigenvalue weighted by Crippen LogP contribution is -2.23. The summed E-state index contributed by atoms with van der Waals surface area (Å²) < 4.78 is 11.2. The third-order valence-corrected chi connectivity index (χ3v) is 4.82. The van der Waals surface area contributed by atoms with Crippen molar-refractivity contribution in [3.05, 3.63) is 72.1 Å². The van der Waals surface area contributed by atoms with Crippen LogP contribution >= 0.6 is 11.8 Å². The van der Waals surface area contributed by atoms with Gasteiger partial charge in [0.15, 0.2) is 0 Å². The number of nitrogens with zero attached hydrogens (tertiary/aromatic N) is 2. The number of hydrogen-bond donors (Lipinski definition) is 0. The lowest BCUT2D eigenvalue weighted by Gasteiger charge is -2.13. The molecule has 27 heavy (non-hydrogen) atoms. The Morgan fingerprint density at radius 1 is 1.07 bits per heavy atom. The first-order chi connectivity index (χ1) is 13.2. The zero-order valence-corrected chi connectivity index (χ0v) is 15.1. The van der Waals surface area contributed by atoms with Crippen molar-refractivity contribution in [3.8, 4) is 17.2 Å². The number of oxazole rings is 1. The number of carbonyl (C=O) groups is 2. The van der Waals surface area contributed by atoms with Crippen LogP contribution in [0.5, 0.6) is 5.75 Å². The molecular formula is C20H16N2O4S. The molecule has 0 unspecified atom stereocenters. The normalized spacial score (nSPS) is 14.0. The summed E-state index contributed by atoms with van der Waals surface area (Å²) in [6, 6.07) is 17.1. The van der Waals surface area contributed by atoms with Crippen LogP contribution in [0.4, 0.5) is 4.79 Å². The maximum absolute atomic E-state index is 11.6. The molecule has 0 radical (unpaired) electrons. The van der Waals surface area contributed by atoms with E-state index in [-0.39, 0.29) is 16.9 Å².